The molecule has 0 N–H and O–H groups in total. The summed E-state index contributed by atoms with van der Waals surface area (Å²) in [7, 11) is 0. The number of aromatic nitrogens is 2. The van der Waals surface area contributed by atoms with Crippen LogP contribution in [0.25, 0.3) is 0 Å². The van der Waals surface area contributed by atoms with Crippen molar-refractivity contribution in [3.05, 3.63) is 11.9 Å². The molecule has 122 valence electrons. The van der Waals surface area contributed by atoms with Crippen LogP contribution in [-0.2, 0) is 4.79 Å². The second kappa shape index (κ2) is 6.94. The van der Waals surface area contributed by atoms with Gasteiger partial charge in [0.2, 0.25) is 0 Å². The third-order valence-electron chi connectivity index (χ3n) is 4.05. The van der Waals surface area contributed by atoms with Crippen molar-refractivity contribution in [3.8, 4) is 5.75 Å². The molecule has 1 aromatic rings. The van der Waals surface area contributed by atoms with Crippen LogP contribution in [0.2, 0.25) is 0 Å². The maximum atomic E-state index is 12.2. The predicted octanol–water partition coefficient (Wildman–Crippen LogP) is 2.30. The van der Waals surface area contributed by atoms with E-state index < -0.39 is 0 Å². The summed E-state index contributed by atoms with van der Waals surface area (Å²) in [5, 5.41) is 4.23. The molecule has 2 rings (SSSR count). The quantitative estimate of drug-likeness (QED) is 0.783. The minimum atomic E-state index is -0.159. The lowest BCUT2D eigenvalue weighted by atomic mass is 9.99. The first kappa shape index (κ1) is 16.5. The fraction of sp³-hybridized carbons (Fsp3) is 0.688. The third-order valence-corrected chi connectivity index (χ3v) is 4.05. The van der Waals surface area contributed by atoms with Gasteiger partial charge in [-0.3, -0.25) is 14.3 Å². The van der Waals surface area contributed by atoms with Crippen LogP contribution < -0.4 is 4.74 Å². The molecule has 0 bridgehead atoms. The van der Waals surface area contributed by atoms with Gasteiger partial charge >= 0.3 is 0 Å². The van der Waals surface area contributed by atoms with Gasteiger partial charge in [0.05, 0.1) is 6.20 Å². The molecule has 1 aliphatic rings. The number of ether oxygens (including phenoxy) is 1. The fourth-order valence-electron chi connectivity index (χ4n) is 2.48. The van der Waals surface area contributed by atoms with Crippen molar-refractivity contribution in [2.75, 3.05) is 19.7 Å². The second-order valence-electron chi connectivity index (χ2n) is 6.32. The molecule has 0 unspecified atom stereocenters. The summed E-state index contributed by atoms with van der Waals surface area (Å²) in [5.41, 5.74) is 0.286. The zero-order chi connectivity index (χ0) is 16.3. The largest absolute Gasteiger partial charge is 0.480 e. The predicted molar refractivity (Wildman–Crippen MR) is 83.1 cm³/mol. The Hall–Kier alpha value is -1.85. The van der Waals surface area contributed by atoms with E-state index in [-0.39, 0.29) is 30.0 Å². The lowest BCUT2D eigenvalue weighted by molar-refractivity contribution is -0.134. The maximum absolute atomic E-state index is 12.2. The highest BCUT2D eigenvalue weighted by Crippen LogP contribution is 2.21. The highest BCUT2D eigenvalue weighted by atomic mass is 16.5. The summed E-state index contributed by atoms with van der Waals surface area (Å²) in [6.45, 7) is 9.13. The number of hydrogen-bond acceptors (Lipinski definition) is 4. The normalized spacial score (nSPS) is 16.1. The van der Waals surface area contributed by atoms with E-state index in [4.69, 9.17) is 4.74 Å². The molecular formula is C16H25N3O3. The van der Waals surface area contributed by atoms with E-state index in [0.717, 1.165) is 25.9 Å². The third kappa shape index (κ3) is 3.87. The van der Waals surface area contributed by atoms with Crippen LogP contribution in [0.15, 0.2) is 6.20 Å². The van der Waals surface area contributed by atoms with E-state index in [1.807, 2.05) is 18.7 Å². The molecule has 1 aliphatic heterocycles. The number of Topliss-reactive ketones (excluding diaryl/α,β-unsaturated/α-hetero) is 1. The standard InChI is InChI=1S/C16H25N3O3/c1-11(2)19-9-14(16(17-19)13(4)20)22-10-15(21)18-7-5-12(3)6-8-18/h9,11-12H,5-8,10H2,1-4H3. The van der Waals surface area contributed by atoms with Crippen molar-refractivity contribution in [2.45, 2.75) is 46.6 Å². The van der Waals surface area contributed by atoms with E-state index >= 15 is 0 Å². The molecule has 1 saturated heterocycles. The van der Waals surface area contributed by atoms with Crippen molar-refractivity contribution in [3.63, 3.8) is 0 Å². The molecule has 1 amide bonds. The van der Waals surface area contributed by atoms with Gasteiger partial charge in [-0.15, -0.1) is 0 Å². The van der Waals surface area contributed by atoms with Crippen molar-refractivity contribution in [1.82, 2.24) is 14.7 Å². The van der Waals surface area contributed by atoms with Gasteiger partial charge in [-0.2, -0.15) is 5.10 Å². The molecule has 0 aromatic carbocycles. The number of rotatable bonds is 5. The second-order valence-corrected chi connectivity index (χ2v) is 6.32. The minimum Gasteiger partial charge on any atom is -0.480 e. The number of likely N-dealkylation sites (tertiary alicyclic amines) is 1. The molecule has 0 saturated carbocycles. The van der Waals surface area contributed by atoms with E-state index in [2.05, 4.69) is 12.0 Å². The summed E-state index contributed by atoms with van der Waals surface area (Å²) in [6.07, 6.45) is 3.76. The Labute approximate surface area is 131 Å². The maximum Gasteiger partial charge on any atom is 0.260 e. The van der Waals surface area contributed by atoms with Gasteiger partial charge in [-0.25, -0.2) is 0 Å². The Morgan fingerprint density at radius 3 is 2.55 bits per heavy atom. The van der Waals surface area contributed by atoms with Crippen LogP contribution in [0.1, 0.15) is 57.1 Å². The molecule has 0 radical (unpaired) electrons. The molecule has 2 heterocycles. The number of amides is 1. The van der Waals surface area contributed by atoms with Crippen LogP contribution in [0.4, 0.5) is 0 Å². The number of piperidine rings is 1. The number of hydrogen-bond donors (Lipinski definition) is 0. The van der Waals surface area contributed by atoms with E-state index in [1.54, 1.807) is 10.9 Å². The van der Waals surface area contributed by atoms with Crippen LogP contribution >= 0.6 is 0 Å². The number of ketones is 1. The van der Waals surface area contributed by atoms with Crippen LogP contribution in [0.5, 0.6) is 5.75 Å². The SMILES string of the molecule is CC(=O)c1nn(C(C)C)cc1OCC(=O)N1CCC(C)CC1. The van der Waals surface area contributed by atoms with Crippen LogP contribution in [-0.4, -0.2) is 46.1 Å². The Morgan fingerprint density at radius 2 is 2.00 bits per heavy atom. The van der Waals surface area contributed by atoms with Gasteiger partial charge in [-0.1, -0.05) is 6.92 Å². The molecule has 6 heteroatoms. The summed E-state index contributed by atoms with van der Waals surface area (Å²) >= 11 is 0. The molecule has 6 nitrogen and oxygen atoms in total. The van der Waals surface area contributed by atoms with Crippen molar-refractivity contribution in [1.29, 1.82) is 0 Å². The Bertz CT molecular complexity index is 543. The van der Waals surface area contributed by atoms with E-state index in [9.17, 15) is 9.59 Å². The average Bonchev–Trinajstić information content (AvgIpc) is 2.90. The van der Waals surface area contributed by atoms with Gasteiger partial charge in [0, 0.05) is 26.1 Å². The summed E-state index contributed by atoms with van der Waals surface area (Å²) in [6, 6.07) is 0.134. The Morgan fingerprint density at radius 1 is 1.36 bits per heavy atom. The smallest absolute Gasteiger partial charge is 0.260 e. The minimum absolute atomic E-state index is 0.0290. The molecule has 1 fully saturated rings. The van der Waals surface area contributed by atoms with Gasteiger partial charge in [-0.05, 0) is 32.6 Å². The molecule has 22 heavy (non-hydrogen) atoms. The number of carbonyl (C=O) groups excluding carboxylic acids is 2. The monoisotopic (exact) mass is 307 g/mol. The van der Waals surface area contributed by atoms with Gasteiger partial charge in [0.1, 0.15) is 0 Å². The molecule has 1 aromatic heterocycles. The van der Waals surface area contributed by atoms with Gasteiger partial charge < -0.3 is 9.64 Å². The summed E-state index contributed by atoms with van der Waals surface area (Å²) in [4.78, 5) is 25.7. The Balaban J connectivity index is 1.98. The first-order valence-corrected chi connectivity index (χ1v) is 7.89. The topological polar surface area (TPSA) is 64.4 Å². The van der Waals surface area contributed by atoms with Gasteiger partial charge in [0.25, 0.3) is 5.91 Å². The molecular weight excluding hydrogens is 282 g/mol. The highest BCUT2D eigenvalue weighted by Gasteiger charge is 2.22. The zero-order valence-electron chi connectivity index (χ0n) is 13.8. The number of nitrogens with zero attached hydrogens (tertiary/aromatic N) is 3. The molecule has 0 atom stereocenters. The van der Waals surface area contributed by atoms with Crippen molar-refractivity contribution in [2.24, 2.45) is 5.92 Å². The van der Waals surface area contributed by atoms with Gasteiger partial charge in [0.15, 0.2) is 23.8 Å². The molecule has 0 spiro atoms. The lowest BCUT2D eigenvalue weighted by Gasteiger charge is -2.30. The zero-order valence-corrected chi connectivity index (χ0v) is 13.8. The Kier molecular flexibility index (Phi) is 5.21. The molecule has 0 aliphatic carbocycles. The van der Waals surface area contributed by atoms with Crippen molar-refractivity contribution >= 4 is 11.7 Å². The van der Waals surface area contributed by atoms with E-state index in [1.165, 1.54) is 6.92 Å². The fourth-order valence-corrected chi connectivity index (χ4v) is 2.48. The van der Waals surface area contributed by atoms with Crippen LogP contribution in [0.3, 0.4) is 0 Å². The van der Waals surface area contributed by atoms with Crippen molar-refractivity contribution < 1.29 is 14.3 Å². The highest BCUT2D eigenvalue weighted by molar-refractivity contribution is 5.94. The summed E-state index contributed by atoms with van der Waals surface area (Å²) in [5.74, 6) is 0.880. The summed E-state index contributed by atoms with van der Waals surface area (Å²) < 4.78 is 7.26. The first-order valence-electron chi connectivity index (χ1n) is 7.89. The number of carbonyl (C=O) groups is 2. The first-order chi connectivity index (χ1) is 10.4. The lowest BCUT2D eigenvalue weighted by Crippen LogP contribution is -2.40. The van der Waals surface area contributed by atoms with E-state index in [0.29, 0.717) is 11.7 Å². The average molecular weight is 307 g/mol. The van der Waals surface area contributed by atoms with Crippen LogP contribution in [0, 0.1) is 5.92 Å².